The maximum atomic E-state index is 12.9. The highest BCUT2D eigenvalue weighted by molar-refractivity contribution is 5.85. The first-order valence-electron chi connectivity index (χ1n) is 8.86. The number of methoxy groups -OCH3 is 1. The molecular formula is C23H20N2O2. The zero-order valence-corrected chi connectivity index (χ0v) is 15.3. The molecule has 2 aromatic carbocycles. The smallest absolute Gasteiger partial charge is 0.319 e. The number of carbonyl (C=O) groups is 1. The van der Waals surface area contributed by atoms with E-state index >= 15 is 0 Å². The number of ether oxygens (including phenoxy) is 1. The Morgan fingerprint density at radius 1 is 0.963 bits per heavy atom. The van der Waals surface area contributed by atoms with Crippen LogP contribution in [0.4, 0.5) is 0 Å². The molecule has 2 heterocycles. The van der Waals surface area contributed by atoms with Gasteiger partial charge in [-0.25, -0.2) is 4.98 Å². The summed E-state index contributed by atoms with van der Waals surface area (Å²) in [7, 11) is 1.43. The van der Waals surface area contributed by atoms with E-state index in [1.54, 1.807) is 0 Å². The Hall–Kier alpha value is -3.40. The van der Waals surface area contributed by atoms with Crippen LogP contribution < -0.4 is 0 Å². The van der Waals surface area contributed by atoms with Gasteiger partial charge in [-0.3, -0.25) is 4.79 Å². The summed E-state index contributed by atoms with van der Waals surface area (Å²) in [5.74, 6) is -0.870. The van der Waals surface area contributed by atoms with Gasteiger partial charge in [0.1, 0.15) is 11.6 Å². The zero-order chi connectivity index (χ0) is 18.8. The predicted molar refractivity (Wildman–Crippen MR) is 106 cm³/mol. The molecule has 0 aliphatic carbocycles. The highest BCUT2D eigenvalue weighted by Gasteiger charge is 2.30. The standard InChI is InChI=1S/C23H20N2O2/c1-16-13-14-19-24-21(18-11-7-4-8-12-18)22(25(19)15-16)20(23(26)27-2)17-9-5-3-6-10-17/h3-15,20H,1-2H3. The summed E-state index contributed by atoms with van der Waals surface area (Å²) in [6, 6.07) is 23.7. The number of pyridine rings is 1. The van der Waals surface area contributed by atoms with Crippen LogP contribution in [0, 0.1) is 6.92 Å². The van der Waals surface area contributed by atoms with Crippen LogP contribution in [0.3, 0.4) is 0 Å². The number of benzene rings is 2. The minimum Gasteiger partial charge on any atom is -0.468 e. The number of aromatic nitrogens is 2. The first-order valence-corrected chi connectivity index (χ1v) is 8.86. The second-order valence-electron chi connectivity index (χ2n) is 6.51. The van der Waals surface area contributed by atoms with Crippen molar-refractivity contribution >= 4 is 11.6 Å². The molecular weight excluding hydrogens is 336 g/mol. The molecule has 0 fully saturated rings. The van der Waals surface area contributed by atoms with Crippen LogP contribution in [-0.4, -0.2) is 22.5 Å². The molecule has 134 valence electrons. The van der Waals surface area contributed by atoms with Crippen molar-refractivity contribution in [2.75, 3.05) is 7.11 Å². The highest BCUT2D eigenvalue weighted by Crippen LogP contribution is 2.35. The van der Waals surface area contributed by atoms with Crippen molar-refractivity contribution in [3.8, 4) is 11.3 Å². The molecule has 0 aliphatic rings. The van der Waals surface area contributed by atoms with Crippen molar-refractivity contribution in [2.24, 2.45) is 0 Å². The molecule has 27 heavy (non-hydrogen) atoms. The van der Waals surface area contributed by atoms with E-state index in [1.165, 1.54) is 7.11 Å². The van der Waals surface area contributed by atoms with Crippen LogP contribution in [0.2, 0.25) is 0 Å². The van der Waals surface area contributed by atoms with Crippen LogP contribution in [0.1, 0.15) is 22.7 Å². The Labute approximate surface area is 158 Å². The zero-order valence-electron chi connectivity index (χ0n) is 15.3. The fourth-order valence-electron chi connectivity index (χ4n) is 3.42. The quantitative estimate of drug-likeness (QED) is 0.501. The molecule has 0 amide bonds. The molecule has 1 unspecified atom stereocenters. The van der Waals surface area contributed by atoms with Gasteiger partial charge in [-0.1, -0.05) is 66.7 Å². The van der Waals surface area contributed by atoms with Crippen molar-refractivity contribution in [1.82, 2.24) is 9.38 Å². The van der Waals surface area contributed by atoms with E-state index < -0.39 is 5.92 Å². The summed E-state index contributed by atoms with van der Waals surface area (Å²) in [5, 5.41) is 0. The van der Waals surface area contributed by atoms with E-state index in [4.69, 9.17) is 9.72 Å². The van der Waals surface area contributed by atoms with Crippen LogP contribution >= 0.6 is 0 Å². The average molecular weight is 356 g/mol. The number of hydrogen-bond acceptors (Lipinski definition) is 3. The molecule has 0 N–H and O–H groups in total. The molecule has 0 bridgehead atoms. The Balaban J connectivity index is 2.05. The molecule has 2 aromatic heterocycles. The monoisotopic (exact) mass is 356 g/mol. The summed E-state index contributed by atoms with van der Waals surface area (Å²) in [5.41, 5.74) is 5.36. The summed E-state index contributed by atoms with van der Waals surface area (Å²) in [6.45, 7) is 2.03. The maximum Gasteiger partial charge on any atom is 0.319 e. The number of nitrogens with zero attached hydrogens (tertiary/aromatic N) is 2. The third-order valence-electron chi connectivity index (χ3n) is 4.69. The lowest BCUT2D eigenvalue weighted by atomic mass is 9.92. The molecule has 4 heteroatoms. The van der Waals surface area contributed by atoms with E-state index in [9.17, 15) is 4.79 Å². The van der Waals surface area contributed by atoms with E-state index in [0.717, 1.165) is 33.7 Å². The predicted octanol–water partition coefficient (Wildman–Crippen LogP) is 4.61. The molecule has 4 rings (SSSR count). The lowest BCUT2D eigenvalue weighted by Crippen LogP contribution is -2.18. The Kier molecular flexibility index (Phi) is 4.47. The normalized spacial score (nSPS) is 12.1. The molecule has 0 saturated heterocycles. The Bertz CT molecular complexity index is 1090. The van der Waals surface area contributed by atoms with Gasteiger partial charge in [-0.2, -0.15) is 0 Å². The Morgan fingerprint density at radius 3 is 2.30 bits per heavy atom. The Morgan fingerprint density at radius 2 is 1.63 bits per heavy atom. The first kappa shape index (κ1) is 17.0. The van der Waals surface area contributed by atoms with Gasteiger partial charge in [0, 0.05) is 11.8 Å². The summed E-state index contributed by atoms with van der Waals surface area (Å²) in [4.78, 5) is 17.7. The number of esters is 1. The van der Waals surface area contributed by atoms with Gasteiger partial charge in [-0.05, 0) is 24.1 Å². The maximum absolute atomic E-state index is 12.9. The van der Waals surface area contributed by atoms with Crippen LogP contribution in [0.15, 0.2) is 79.0 Å². The molecule has 0 radical (unpaired) electrons. The lowest BCUT2D eigenvalue weighted by Gasteiger charge is -2.17. The molecule has 1 atom stereocenters. The topological polar surface area (TPSA) is 43.6 Å². The van der Waals surface area contributed by atoms with Gasteiger partial charge < -0.3 is 9.14 Å². The number of rotatable bonds is 4. The third-order valence-corrected chi connectivity index (χ3v) is 4.69. The van der Waals surface area contributed by atoms with Gasteiger partial charge >= 0.3 is 5.97 Å². The van der Waals surface area contributed by atoms with Gasteiger partial charge in [-0.15, -0.1) is 0 Å². The number of carbonyl (C=O) groups excluding carboxylic acids is 1. The fourth-order valence-corrected chi connectivity index (χ4v) is 3.42. The molecule has 4 aromatic rings. The van der Waals surface area contributed by atoms with Crippen LogP contribution in [-0.2, 0) is 9.53 Å². The van der Waals surface area contributed by atoms with Crippen LogP contribution in [0.25, 0.3) is 16.9 Å². The number of hydrogen-bond donors (Lipinski definition) is 0. The second-order valence-corrected chi connectivity index (χ2v) is 6.51. The minimum atomic E-state index is -0.566. The molecule has 0 spiro atoms. The van der Waals surface area contributed by atoms with Crippen molar-refractivity contribution in [3.63, 3.8) is 0 Å². The highest BCUT2D eigenvalue weighted by atomic mass is 16.5. The van der Waals surface area contributed by atoms with Gasteiger partial charge in [0.15, 0.2) is 0 Å². The molecule has 0 aliphatic heterocycles. The minimum absolute atomic E-state index is 0.304. The van der Waals surface area contributed by atoms with Gasteiger partial charge in [0.2, 0.25) is 0 Å². The van der Waals surface area contributed by atoms with Gasteiger partial charge in [0.05, 0.1) is 18.5 Å². The first-order chi connectivity index (χ1) is 13.2. The average Bonchev–Trinajstić information content (AvgIpc) is 3.08. The SMILES string of the molecule is COC(=O)C(c1ccccc1)c1c(-c2ccccc2)nc2ccc(C)cn12. The summed E-state index contributed by atoms with van der Waals surface area (Å²) >= 11 is 0. The van der Waals surface area contributed by atoms with E-state index in [2.05, 4.69) is 0 Å². The fraction of sp³-hybridized carbons (Fsp3) is 0.130. The largest absolute Gasteiger partial charge is 0.468 e. The van der Waals surface area contributed by atoms with Crippen molar-refractivity contribution in [2.45, 2.75) is 12.8 Å². The number of imidazole rings is 1. The van der Waals surface area contributed by atoms with Crippen LogP contribution in [0.5, 0.6) is 0 Å². The second kappa shape index (κ2) is 7.08. The molecule has 4 nitrogen and oxygen atoms in total. The van der Waals surface area contributed by atoms with Crippen molar-refractivity contribution in [1.29, 1.82) is 0 Å². The van der Waals surface area contributed by atoms with Crippen molar-refractivity contribution < 1.29 is 9.53 Å². The van der Waals surface area contributed by atoms with E-state index in [-0.39, 0.29) is 5.97 Å². The van der Waals surface area contributed by atoms with E-state index in [0.29, 0.717) is 0 Å². The third kappa shape index (κ3) is 3.10. The molecule has 0 saturated carbocycles. The number of aryl methyl sites for hydroxylation is 1. The number of fused-ring (bicyclic) bond motifs is 1. The lowest BCUT2D eigenvalue weighted by molar-refractivity contribution is -0.141. The van der Waals surface area contributed by atoms with Crippen molar-refractivity contribution in [3.05, 3.63) is 95.8 Å². The van der Waals surface area contributed by atoms with Gasteiger partial charge in [0.25, 0.3) is 0 Å². The summed E-state index contributed by atoms with van der Waals surface area (Å²) in [6.07, 6.45) is 2.02. The van der Waals surface area contributed by atoms with E-state index in [1.807, 2.05) is 90.3 Å². The summed E-state index contributed by atoms with van der Waals surface area (Å²) < 4.78 is 7.19.